The van der Waals surface area contributed by atoms with Crippen LogP contribution in [0.3, 0.4) is 0 Å². The van der Waals surface area contributed by atoms with Crippen molar-refractivity contribution in [3.63, 3.8) is 0 Å². The molecule has 2 atom stereocenters. The third-order valence-electron chi connectivity index (χ3n) is 2.74. The first kappa shape index (κ1) is 12.0. The normalized spacial score (nSPS) is 22.8. The first-order chi connectivity index (χ1) is 7.06. The number of amides is 1. The molecule has 5 nitrogen and oxygen atoms in total. The Hall–Kier alpha value is -1.10. The van der Waals surface area contributed by atoms with E-state index in [4.69, 9.17) is 9.84 Å². The predicted molar refractivity (Wildman–Crippen MR) is 53.4 cm³/mol. The van der Waals surface area contributed by atoms with E-state index in [0.29, 0.717) is 25.6 Å². The fourth-order valence-electron chi connectivity index (χ4n) is 1.78. The summed E-state index contributed by atoms with van der Waals surface area (Å²) in [6.45, 7) is 3.31. The van der Waals surface area contributed by atoms with Gasteiger partial charge in [0.25, 0.3) is 0 Å². The van der Waals surface area contributed by atoms with E-state index in [2.05, 4.69) is 0 Å². The second-order valence-corrected chi connectivity index (χ2v) is 3.95. The maximum Gasteiger partial charge on any atom is 0.315 e. The van der Waals surface area contributed by atoms with Gasteiger partial charge in [-0.3, -0.25) is 9.59 Å². The number of hydrogen-bond acceptors (Lipinski definition) is 3. The van der Waals surface area contributed by atoms with E-state index >= 15 is 0 Å². The Morgan fingerprint density at radius 3 is 2.80 bits per heavy atom. The van der Waals surface area contributed by atoms with Gasteiger partial charge in [-0.2, -0.15) is 0 Å². The number of carbonyl (C=O) groups is 2. The van der Waals surface area contributed by atoms with Crippen LogP contribution in [0.15, 0.2) is 0 Å². The number of methoxy groups -OCH3 is 1. The van der Waals surface area contributed by atoms with E-state index in [0.717, 1.165) is 6.42 Å². The molecule has 1 saturated heterocycles. The lowest BCUT2D eigenvalue weighted by Gasteiger charge is -2.18. The third-order valence-corrected chi connectivity index (χ3v) is 2.74. The molecular weight excluding hydrogens is 198 g/mol. The van der Waals surface area contributed by atoms with Gasteiger partial charge >= 0.3 is 5.97 Å². The molecule has 0 spiro atoms. The topological polar surface area (TPSA) is 66.8 Å². The summed E-state index contributed by atoms with van der Waals surface area (Å²) in [6, 6.07) is 0. The number of aliphatic carboxylic acids is 1. The zero-order valence-corrected chi connectivity index (χ0v) is 9.10. The van der Waals surface area contributed by atoms with Gasteiger partial charge in [0.1, 0.15) is 5.92 Å². The van der Waals surface area contributed by atoms with Crippen LogP contribution in [0.25, 0.3) is 0 Å². The summed E-state index contributed by atoms with van der Waals surface area (Å²) in [7, 11) is 1.63. The van der Waals surface area contributed by atoms with Gasteiger partial charge < -0.3 is 14.7 Å². The molecular formula is C10H17NO4. The molecule has 0 aromatic rings. The maximum absolute atomic E-state index is 11.6. The molecule has 0 bridgehead atoms. The van der Waals surface area contributed by atoms with Gasteiger partial charge in [0.15, 0.2) is 0 Å². The molecule has 0 aliphatic carbocycles. The zero-order valence-electron chi connectivity index (χ0n) is 9.10. The molecule has 0 aromatic heterocycles. The third kappa shape index (κ3) is 2.92. The van der Waals surface area contributed by atoms with Crippen molar-refractivity contribution in [2.24, 2.45) is 11.8 Å². The molecule has 0 radical (unpaired) electrons. The average Bonchev–Trinajstić information content (AvgIpc) is 2.64. The molecule has 1 aliphatic rings. The number of likely N-dealkylation sites (tertiary alicyclic amines) is 1. The highest BCUT2D eigenvalue weighted by molar-refractivity contribution is 5.96. The number of ether oxygens (including phenoxy) is 1. The maximum atomic E-state index is 11.6. The fourth-order valence-corrected chi connectivity index (χ4v) is 1.78. The van der Waals surface area contributed by atoms with Crippen LogP contribution in [0.1, 0.15) is 13.3 Å². The molecule has 1 aliphatic heterocycles. The summed E-state index contributed by atoms with van der Waals surface area (Å²) in [6.07, 6.45) is 0.895. The minimum absolute atomic E-state index is 0.291. The standard InChI is InChI=1S/C10H17NO4/c1-7(10(13)14)9(12)11-4-3-8(5-11)6-15-2/h7-8H,3-6H2,1-2H3,(H,13,14). The van der Waals surface area contributed by atoms with Crippen LogP contribution in [0.5, 0.6) is 0 Å². The van der Waals surface area contributed by atoms with Crippen molar-refractivity contribution in [2.75, 3.05) is 26.8 Å². The van der Waals surface area contributed by atoms with Crippen molar-refractivity contribution >= 4 is 11.9 Å². The number of carboxylic acids is 1. The van der Waals surface area contributed by atoms with E-state index < -0.39 is 11.9 Å². The van der Waals surface area contributed by atoms with Gasteiger partial charge in [-0.1, -0.05) is 0 Å². The Labute approximate surface area is 89.0 Å². The molecule has 0 saturated carbocycles. The van der Waals surface area contributed by atoms with Crippen molar-refractivity contribution in [2.45, 2.75) is 13.3 Å². The van der Waals surface area contributed by atoms with E-state index in [1.165, 1.54) is 6.92 Å². The van der Waals surface area contributed by atoms with Crippen molar-refractivity contribution < 1.29 is 19.4 Å². The van der Waals surface area contributed by atoms with Crippen LogP contribution in [0, 0.1) is 11.8 Å². The highest BCUT2D eigenvalue weighted by Gasteiger charge is 2.31. The molecule has 1 heterocycles. The van der Waals surface area contributed by atoms with Gasteiger partial charge in [0, 0.05) is 26.1 Å². The molecule has 86 valence electrons. The smallest absolute Gasteiger partial charge is 0.315 e. The van der Waals surface area contributed by atoms with E-state index in [9.17, 15) is 9.59 Å². The number of nitrogens with zero attached hydrogens (tertiary/aromatic N) is 1. The molecule has 0 aromatic carbocycles. The Morgan fingerprint density at radius 1 is 1.60 bits per heavy atom. The van der Waals surface area contributed by atoms with E-state index in [1.54, 1.807) is 12.0 Å². The average molecular weight is 215 g/mol. The van der Waals surface area contributed by atoms with Crippen LogP contribution in [0.4, 0.5) is 0 Å². The second kappa shape index (κ2) is 5.11. The predicted octanol–water partition coefficient (Wildman–Crippen LogP) is 0.202. The first-order valence-electron chi connectivity index (χ1n) is 5.06. The number of rotatable bonds is 4. The highest BCUT2D eigenvalue weighted by atomic mass is 16.5. The van der Waals surface area contributed by atoms with Crippen molar-refractivity contribution in [1.29, 1.82) is 0 Å². The molecule has 1 N–H and O–H groups in total. The summed E-state index contributed by atoms with van der Waals surface area (Å²) >= 11 is 0. The zero-order chi connectivity index (χ0) is 11.4. The lowest BCUT2D eigenvalue weighted by molar-refractivity contribution is -0.149. The van der Waals surface area contributed by atoms with Gasteiger partial charge in [-0.15, -0.1) is 0 Å². The minimum Gasteiger partial charge on any atom is -0.481 e. The monoisotopic (exact) mass is 215 g/mol. The molecule has 1 fully saturated rings. The largest absolute Gasteiger partial charge is 0.481 e. The van der Waals surface area contributed by atoms with Crippen molar-refractivity contribution in [3.8, 4) is 0 Å². The lowest BCUT2D eigenvalue weighted by Crippen LogP contribution is -2.36. The fraction of sp³-hybridized carbons (Fsp3) is 0.800. The van der Waals surface area contributed by atoms with E-state index in [-0.39, 0.29) is 5.91 Å². The number of carboxylic acid groups (broad SMARTS) is 1. The summed E-state index contributed by atoms with van der Waals surface area (Å²) in [5.41, 5.74) is 0. The van der Waals surface area contributed by atoms with Gasteiger partial charge in [-0.25, -0.2) is 0 Å². The SMILES string of the molecule is COCC1CCN(C(=O)C(C)C(=O)O)C1. The summed E-state index contributed by atoms with van der Waals surface area (Å²) < 4.78 is 5.01. The quantitative estimate of drug-likeness (QED) is 0.680. The van der Waals surface area contributed by atoms with Crippen LogP contribution in [-0.4, -0.2) is 48.7 Å². The van der Waals surface area contributed by atoms with Crippen LogP contribution in [0.2, 0.25) is 0 Å². The first-order valence-corrected chi connectivity index (χ1v) is 5.06. The van der Waals surface area contributed by atoms with Crippen molar-refractivity contribution in [1.82, 2.24) is 4.90 Å². The van der Waals surface area contributed by atoms with Crippen molar-refractivity contribution in [3.05, 3.63) is 0 Å². The highest BCUT2D eigenvalue weighted by Crippen LogP contribution is 2.18. The summed E-state index contributed by atoms with van der Waals surface area (Å²) in [5.74, 6) is -1.94. The van der Waals surface area contributed by atoms with Gasteiger partial charge in [0.05, 0.1) is 6.61 Å². The number of carbonyl (C=O) groups excluding carboxylic acids is 1. The van der Waals surface area contributed by atoms with Crippen LogP contribution >= 0.6 is 0 Å². The molecule has 15 heavy (non-hydrogen) atoms. The molecule has 2 unspecified atom stereocenters. The number of hydrogen-bond donors (Lipinski definition) is 1. The second-order valence-electron chi connectivity index (χ2n) is 3.95. The summed E-state index contributed by atoms with van der Waals surface area (Å²) in [5, 5.41) is 8.71. The molecule has 1 rings (SSSR count). The summed E-state index contributed by atoms with van der Waals surface area (Å²) in [4.78, 5) is 23.9. The Balaban J connectivity index is 2.46. The minimum atomic E-state index is -1.06. The lowest BCUT2D eigenvalue weighted by atomic mass is 10.1. The Morgan fingerprint density at radius 2 is 2.27 bits per heavy atom. The van der Waals surface area contributed by atoms with Crippen LogP contribution in [-0.2, 0) is 14.3 Å². The van der Waals surface area contributed by atoms with Gasteiger partial charge in [-0.05, 0) is 13.3 Å². The Kier molecular flexibility index (Phi) is 4.08. The molecule has 1 amide bonds. The Bertz CT molecular complexity index is 254. The van der Waals surface area contributed by atoms with Crippen LogP contribution < -0.4 is 0 Å². The van der Waals surface area contributed by atoms with Gasteiger partial charge in [0.2, 0.25) is 5.91 Å². The van der Waals surface area contributed by atoms with E-state index in [1.807, 2.05) is 0 Å². The molecule has 5 heteroatoms.